The highest BCUT2D eigenvalue weighted by Gasteiger charge is 2.14. The number of aromatic nitrogens is 1. The van der Waals surface area contributed by atoms with E-state index in [-0.39, 0.29) is 10.6 Å². The molecule has 0 atom stereocenters. The van der Waals surface area contributed by atoms with Gasteiger partial charge in [-0.3, -0.25) is 4.79 Å². The van der Waals surface area contributed by atoms with Gasteiger partial charge >= 0.3 is 0 Å². The van der Waals surface area contributed by atoms with Crippen molar-refractivity contribution in [3.8, 4) is 11.5 Å². The summed E-state index contributed by atoms with van der Waals surface area (Å²) >= 11 is 1.25. The minimum atomic E-state index is -3.79. The van der Waals surface area contributed by atoms with E-state index in [4.69, 9.17) is 14.6 Å². The molecule has 152 valence electrons. The van der Waals surface area contributed by atoms with Gasteiger partial charge in [-0.2, -0.15) is 0 Å². The summed E-state index contributed by atoms with van der Waals surface area (Å²) in [5, 5.41) is 12.9. The molecule has 1 aromatic heterocycles. The second-order valence-corrected chi connectivity index (χ2v) is 8.17. The van der Waals surface area contributed by atoms with Gasteiger partial charge in [0.05, 0.1) is 24.8 Å². The van der Waals surface area contributed by atoms with E-state index in [0.717, 1.165) is 0 Å². The summed E-state index contributed by atoms with van der Waals surface area (Å²) in [6.07, 6.45) is 0. The van der Waals surface area contributed by atoms with E-state index in [1.54, 1.807) is 37.8 Å². The van der Waals surface area contributed by atoms with Gasteiger partial charge in [-0.05, 0) is 36.4 Å². The first kappa shape index (κ1) is 20.6. The molecule has 0 fully saturated rings. The first-order chi connectivity index (χ1) is 13.8. The number of methoxy groups -OCH3 is 2. The molecule has 0 unspecified atom stereocenters. The van der Waals surface area contributed by atoms with E-state index in [1.165, 1.54) is 35.6 Å². The molecule has 29 heavy (non-hydrogen) atoms. The van der Waals surface area contributed by atoms with E-state index in [2.05, 4.69) is 15.6 Å². The van der Waals surface area contributed by atoms with Gasteiger partial charge in [-0.15, -0.1) is 11.3 Å². The lowest BCUT2D eigenvalue weighted by Crippen LogP contribution is -2.14. The predicted octanol–water partition coefficient (Wildman–Crippen LogP) is 2.80. The minimum Gasteiger partial charge on any atom is -0.497 e. The summed E-state index contributed by atoms with van der Waals surface area (Å²) in [7, 11) is -0.678. The Balaban J connectivity index is 1.70. The first-order valence-corrected chi connectivity index (χ1v) is 10.6. The molecule has 1 heterocycles. The summed E-state index contributed by atoms with van der Waals surface area (Å²) < 4.78 is 33.1. The Bertz CT molecular complexity index is 1130. The predicted molar refractivity (Wildman–Crippen MR) is 111 cm³/mol. The number of thiazole rings is 1. The van der Waals surface area contributed by atoms with Crippen molar-refractivity contribution in [3.63, 3.8) is 0 Å². The van der Waals surface area contributed by atoms with Crippen LogP contribution in [0.3, 0.4) is 0 Å². The van der Waals surface area contributed by atoms with Crippen molar-refractivity contribution < 1.29 is 22.7 Å². The van der Waals surface area contributed by atoms with Crippen LogP contribution < -0.4 is 25.2 Å². The van der Waals surface area contributed by atoms with E-state index in [1.807, 2.05) is 0 Å². The summed E-state index contributed by atoms with van der Waals surface area (Å²) in [4.78, 5) is 16.6. The van der Waals surface area contributed by atoms with Crippen LogP contribution in [-0.2, 0) is 10.0 Å². The number of nitrogens with one attached hydrogen (secondary N) is 2. The number of nitrogens with two attached hydrogens (primary N) is 1. The van der Waals surface area contributed by atoms with E-state index >= 15 is 0 Å². The Labute approximate surface area is 171 Å². The molecular weight excluding hydrogens is 416 g/mol. The van der Waals surface area contributed by atoms with Crippen LogP contribution in [0.4, 0.5) is 16.5 Å². The van der Waals surface area contributed by atoms with Gasteiger partial charge in [0.2, 0.25) is 10.0 Å². The van der Waals surface area contributed by atoms with Gasteiger partial charge < -0.3 is 20.1 Å². The number of rotatable bonds is 7. The van der Waals surface area contributed by atoms with Gasteiger partial charge in [-0.1, -0.05) is 0 Å². The van der Waals surface area contributed by atoms with Crippen molar-refractivity contribution in [1.29, 1.82) is 0 Å². The topological polar surface area (TPSA) is 133 Å². The third-order valence-corrected chi connectivity index (χ3v) is 5.51. The van der Waals surface area contributed by atoms with E-state index < -0.39 is 15.9 Å². The van der Waals surface area contributed by atoms with Gasteiger partial charge in [0, 0.05) is 17.1 Å². The number of hydrogen-bond donors (Lipinski definition) is 3. The quantitative estimate of drug-likeness (QED) is 0.521. The van der Waals surface area contributed by atoms with Gasteiger partial charge in [0.25, 0.3) is 5.91 Å². The molecule has 4 N–H and O–H groups in total. The molecule has 1 amide bonds. The number of ether oxygens (including phenoxy) is 2. The number of hydrogen-bond acceptors (Lipinski definition) is 8. The Morgan fingerprint density at radius 2 is 1.83 bits per heavy atom. The lowest BCUT2D eigenvalue weighted by Gasteiger charge is -2.10. The Hall–Kier alpha value is -3.15. The molecule has 0 bridgehead atoms. The molecule has 2 aromatic carbocycles. The van der Waals surface area contributed by atoms with E-state index in [0.29, 0.717) is 28.0 Å². The monoisotopic (exact) mass is 434 g/mol. The van der Waals surface area contributed by atoms with Crippen molar-refractivity contribution in [3.05, 3.63) is 53.5 Å². The van der Waals surface area contributed by atoms with Gasteiger partial charge in [0.15, 0.2) is 5.13 Å². The molecule has 0 radical (unpaired) electrons. The zero-order valence-corrected chi connectivity index (χ0v) is 17.1. The SMILES string of the molecule is COc1ccc(Nc2nc(C(=O)Nc3ccc(S(N)(=O)=O)cc3)cs2)c(OC)c1. The average Bonchev–Trinajstić information content (AvgIpc) is 3.16. The smallest absolute Gasteiger partial charge is 0.275 e. The molecular formula is C18H18N4O5S2. The maximum absolute atomic E-state index is 12.4. The average molecular weight is 434 g/mol. The van der Waals surface area contributed by atoms with Crippen LogP contribution in [0, 0.1) is 0 Å². The molecule has 0 spiro atoms. The largest absolute Gasteiger partial charge is 0.497 e. The number of primary sulfonamides is 1. The van der Waals surface area contributed by atoms with E-state index in [9.17, 15) is 13.2 Å². The summed E-state index contributed by atoms with van der Waals surface area (Å²) in [6.45, 7) is 0. The van der Waals surface area contributed by atoms with Crippen molar-refractivity contribution >= 4 is 43.8 Å². The van der Waals surface area contributed by atoms with Crippen LogP contribution >= 0.6 is 11.3 Å². The number of carbonyl (C=O) groups excluding carboxylic acids is 1. The van der Waals surface area contributed by atoms with Crippen LogP contribution in [0.2, 0.25) is 0 Å². The number of sulfonamides is 1. The lowest BCUT2D eigenvalue weighted by molar-refractivity contribution is 0.102. The summed E-state index contributed by atoms with van der Waals surface area (Å²) in [6, 6.07) is 10.8. The summed E-state index contributed by atoms with van der Waals surface area (Å²) in [5.74, 6) is 0.792. The number of nitrogens with zero attached hydrogens (tertiary/aromatic N) is 1. The number of amides is 1. The molecule has 0 saturated carbocycles. The summed E-state index contributed by atoms with van der Waals surface area (Å²) in [5.41, 5.74) is 1.30. The third-order valence-electron chi connectivity index (χ3n) is 3.83. The third kappa shape index (κ3) is 5.02. The van der Waals surface area contributed by atoms with Crippen molar-refractivity contribution in [2.75, 3.05) is 24.9 Å². The molecule has 3 aromatic rings. The maximum atomic E-state index is 12.4. The number of benzene rings is 2. The van der Waals surface area contributed by atoms with Crippen LogP contribution in [0.15, 0.2) is 52.7 Å². The molecule has 0 aliphatic heterocycles. The highest BCUT2D eigenvalue weighted by atomic mass is 32.2. The highest BCUT2D eigenvalue weighted by Crippen LogP contribution is 2.32. The van der Waals surface area contributed by atoms with Crippen molar-refractivity contribution in [2.24, 2.45) is 5.14 Å². The molecule has 0 aliphatic carbocycles. The second kappa shape index (κ2) is 8.47. The first-order valence-electron chi connectivity index (χ1n) is 8.19. The van der Waals surface area contributed by atoms with Gasteiger partial charge in [-0.25, -0.2) is 18.5 Å². The molecule has 9 nitrogen and oxygen atoms in total. The minimum absolute atomic E-state index is 0.0379. The highest BCUT2D eigenvalue weighted by molar-refractivity contribution is 7.89. The molecule has 11 heteroatoms. The van der Waals surface area contributed by atoms with Gasteiger partial charge in [0.1, 0.15) is 17.2 Å². The zero-order valence-electron chi connectivity index (χ0n) is 15.5. The fourth-order valence-electron chi connectivity index (χ4n) is 2.38. The Kier molecular flexibility index (Phi) is 6.01. The fraction of sp³-hybridized carbons (Fsp3) is 0.111. The maximum Gasteiger partial charge on any atom is 0.275 e. The lowest BCUT2D eigenvalue weighted by atomic mass is 10.3. The molecule has 0 saturated heterocycles. The van der Waals surface area contributed by atoms with Crippen molar-refractivity contribution in [2.45, 2.75) is 4.90 Å². The molecule has 0 aliphatic rings. The van der Waals surface area contributed by atoms with Crippen LogP contribution in [0.1, 0.15) is 10.5 Å². The van der Waals surface area contributed by atoms with Crippen molar-refractivity contribution in [1.82, 2.24) is 4.98 Å². The Morgan fingerprint density at radius 1 is 1.10 bits per heavy atom. The number of anilines is 3. The zero-order chi connectivity index (χ0) is 21.0. The fourth-order valence-corrected chi connectivity index (χ4v) is 3.59. The normalized spacial score (nSPS) is 11.0. The Morgan fingerprint density at radius 3 is 2.45 bits per heavy atom. The van der Waals surface area contributed by atoms with Crippen LogP contribution in [0.25, 0.3) is 0 Å². The van der Waals surface area contributed by atoms with Crippen LogP contribution in [0.5, 0.6) is 11.5 Å². The molecule has 3 rings (SSSR count). The standard InChI is InChI=1S/C18H18N4O5S2/c1-26-12-5-8-14(16(9-12)27-2)21-18-22-15(10-28-18)17(23)20-11-3-6-13(7-4-11)29(19,24)25/h3-10H,1-2H3,(H,20,23)(H,21,22)(H2,19,24,25). The second-order valence-electron chi connectivity index (χ2n) is 5.75. The number of carbonyl (C=O) groups is 1. The van der Waals surface area contributed by atoms with Crippen LogP contribution in [-0.4, -0.2) is 33.5 Å².